The van der Waals surface area contributed by atoms with E-state index >= 15 is 0 Å². The number of benzene rings is 2. The van der Waals surface area contributed by atoms with E-state index in [4.69, 9.17) is 75.9 Å². The summed E-state index contributed by atoms with van der Waals surface area (Å²) >= 11 is 0. The van der Waals surface area contributed by atoms with E-state index in [9.17, 15) is 10.2 Å². The van der Waals surface area contributed by atoms with Gasteiger partial charge in [0.2, 0.25) is 0 Å². The Balaban J connectivity index is -0.0000000962. The molecule has 2 aromatic rings. The third-order valence-corrected chi connectivity index (χ3v) is 3.49. The van der Waals surface area contributed by atoms with E-state index in [1.165, 1.54) is 14.2 Å². The van der Waals surface area contributed by atoms with Crippen molar-refractivity contribution in [2.24, 2.45) is 9.98 Å². The molecule has 1 radical (unpaired) electrons. The van der Waals surface area contributed by atoms with Gasteiger partial charge < -0.3 is 86.1 Å². The maximum atomic E-state index is 11.9. The van der Waals surface area contributed by atoms with Gasteiger partial charge in [0.1, 0.15) is 11.5 Å². The standard InChI is InChI=1S/C19H22N2O4.4CH4O.3NO3.Ni.Sm/c1-24-16-8-3-6-14(18(16)22)12-20-10-5-11-21-13-15-7-4-9-17(25-2)19(15)23;4*1-2;3*2-1(3)4;;/h3-4,6-9,12-13,22-23H,5,10-11H2,1-2H3;4*2H,1H3;;;;;/q;;;;;3*-1;+3;/p-2. The van der Waals surface area contributed by atoms with Gasteiger partial charge in [-0.25, -0.2) is 0 Å². The Kier molecular flexibility index (Phi) is 65.0. The second kappa shape index (κ2) is 49.1. The number of ether oxygens (including phenoxy) is 2. The molecule has 0 aliphatic carbocycles. The molecule has 273 valence electrons. The van der Waals surface area contributed by atoms with E-state index in [1.54, 1.807) is 48.8 Å². The van der Waals surface area contributed by atoms with Crippen LogP contribution in [0.4, 0.5) is 0 Å². The molecule has 0 aliphatic rings. The molecular formula is C23H36N5NiO17Sm-2. The first-order chi connectivity index (χ1) is 21.4. The summed E-state index contributed by atoms with van der Waals surface area (Å²) in [4.78, 5) is 33.2. The Hall–Kier alpha value is -3.75. The Labute approximate surface area is 311 Å². The molecular weight excluding hydrogens is 827 g/mol. The Morgan fingerprint density at radius 3 is 1.06 bits per heavy atom. The predicted octanol–water partition coefficient (Wildman–Crippen LogP) is -0.507. The molecule has 22 nitrogen and oxygen atoms in total. The first kappa shape index (κ1) is 62.1. The van der Waals surface area contributed by atoms with Gasteiger partial charge in [0, 0.05) is 94.3 Å². The van der Waals surface area contributed by atoms with Crippen molar-refractivity contribution in [3.05, 3.63) is 93.5 Å². The van der Waals surface area contributed by atoms with E-state index in [2.05, 4.69) is 9.98 Å². The summed E-state index contributed by atoms with van der Waals surface area (Å²) in [5.74, 6) is 0.265. The quantitative estimate of drug-likeness (QED) is 0.0854. The van der Waals surface area contributed by atoms with Crippen molar-refractivity contribution in [3.63, 3.8) is 0 Å². The predicted molar refractivity (Wildman–Crippen MR) is 158 cm³/mol. The summed E-state index contributed by atoms with van der Waals surface area (Å²) in [6.07, 6.45) is 3.81. The molecule has 0 saturated heterocycles. The van der Waals surface area contributed by atoms with E-state index in [1.807, 2.05) is 0 Å². The van der Waals surface area contributed by atoms with Gasteiger partial charge in [-0.2, -0.15) is 0 Å². The van der Waals surface area contributed by atoms with Crippen LogP contribution in [0.5, 0.6) is 23.0 Å². The number of aliphatic imine (C=N–C) groups is 2. The van der Waals surface area contributed by atoms with Gasteiger partial charge in [0.05, 0.1) is 29.5 Å². The van der Waals surface area contributed by atoms with E-state index in [-0.39, 0.29) is 68.4 Å². The zero-order valence-corrected chi connectivity index (χ0v) is 29.4. The van der Waals surface area contributed by atoms with Crippen LogP contribution >= 0.6 is 0 Å². The third-order valence-electron chi connectivity index (χ3n) is 3.49. The van der Waals surface area contributed by atoms with Crippen molar-refractivity contribution in [1.29, 1.82) is 0 Å². The van der Waals surface area contributed by atoms with Gasteiger partial charge in [0.15, 0.2) is 0 Å². The van der Waals surface area contributed by atoms with Crippen LogP contribution in [0.1, 0.15) is 17.5 Å². The van der Waals surface area contributed by atoms with Crippen molar-refractivity contribution in [1.82, 2.24) is 0 Å². The van der Waals surface area contributed by atoms with Gasteiger partial charge in [-0.3, -0.25) is 9.98 Å². The summed E-state index contributed by atoms with van der Waals surface area (Å²) in [5, 5.41) is 96.1. The third kappa shape index (κ3) is 46.8. The van der Waals surface area contributed by atoms with Crippen LogP contribution in [0, 0.1) is 86.4 Å². The normalized spacial score (nSPS) is 8.04. The first-order valence-electron chi connectivity index (χ1n) is 11.3. The topological polar surface area (TPSA) is 369 Å². The number of nitrogens with zero attached hydrogens (tertiary/aromatic N) is 5. The molecule has 0 heterocycles. The van der Waals surface area contributed by atoms with Crippen molar-refractivity contribution in [3.8, 4) is 23.0 Å². The Morgan fingerprint density at radius 1 is 0.617 bits per heavy atom. The fourth-order valence-corrected chi connectivity index (χ4v) is 2.17. The summed E-state index contributed by atoms with van der Waals surface area (Å²) < 4.78 is 9.97. The number of aliphatic hydroxyl groups is 4. The summed E-state index contributed by atoms with van der Waals surface area (Å²) in [5.41, 5.74) is 0.991. The molecule has 2 aromatic carbocycles. The molecule has 47 heavy (non-hydrogen) atoms. The minimum Gasteiger partial charge on any atom is -0.870 e. The number of methoxy groups -OCH3 is 2. The van der Waals surface area contributed by atoms with E-state index in [0.29, 0.717) is 42.1 Å². The average Bonchev–Trinajstić information content (AvgIpc) is 3.01. The number of rotatable bonds is 8. The molecule has 0 aromatic heterocycles. The summed E-state index contributed by atoms with van der Waals surface area (Å²) in [6, 6.07) is 10.1. The van der Waals surface area contributed by atoms with Crippen LogP contribution in [-0.2, 0) is 16.5 Å². The maximum Gasteiger partial charge on any atom is 3.00 e. The van der Waals surface area contributed by atoms with Gasteiger partial charge in [-0.15, -0.1) is 0 Å². The van der Waals surface area contributed by atoms with Crippen LogP contribution in [0.15, 0.2) is 46.4 Å². The van der Waals surface area contributed by atoms with E-state index < -0.39 is 15.3 Å². The molecule has 0 atom stereocenters. The zero-order chi connectivity index (χ0) is 36.8. The monoisotopic (exact) mass is 864 g/mol. The van der Waals surface area contributed by atoms with Gasteiger partial charge >= 0.3 is 16.5 Å². The SMILES string of the molecule is CO.CO.CO.CO.COc1cccc(C=NCCCN=Cc2cccc(OC)c2[O-])c1[O-].O=[N+]([O-])[O-].O=[N+]([O-])[O-].O=[N+]([O-])[O-].[Ni+3].[Sm]. The van der Waals surface area contributed by atoms with Crippen LogP contribution in [-0.4, -0.2) is 104 Å². The smallest absolute Gasteiger partial charge is 0.870 e. The molecule has 0 bridgehead atoms. The second-order valence-corrected chi connectivity index (χ2v) is 5.85. The van der Waals surface area contributed by atoms with Gasteiger partial charge in [-0.1, -0.05) is 35.8 Å². The van der Waals surface area contributed by atoms with Crippen molar-refractivity contribution < 1.29 is 112 Å². The van der Waals surface area contributed by atoms with Crippen LogP contribution in [0.2, 0.25) is 0 Å². The fraction of sp³-hybridized carbons (Fsp3) is 0.391. The van der Waals surface area contributed by atoms with Crippen LogP contribution in [0.3, 0.4) is 0 Å². The second-order valence-electron chi connectivity index (χ2n) is 5.85. The molecule has 0 fully saturated rings. The van der Waals surface area contributed by atoms with Gasteiger partial charge in [0.25, 0.3) is 0 Å². The number of hydrogen-bond donors (Lipinski definition) is 4. The molecule has 0 saturated carbocycles. The molecule has 4 N–H and O–H groups in total. The Bertz CT molecular complexity index is 967. The van der Waals surface area contributed by atoms with Crippen molar-refractivity contribution >= 4 is 12.4 Å². The van der Waals surface area contributed by atoms with E-state index in [0.717, 1.165) is 28.4 Å². The molecule has 0 amide bonds. The molecule has 2 rings (SSSR count). The van der Waals surface area contributed by atoms with Crippen LogP contribution in [0.25, 0.3) is 0 Å². The average molecular weight is 864 g/mol. The Morgan fingerprint density at radius 2 is 0.851 bits per heavy atom. The minimum absolute atomic E-state index is 0. The maximum absolute atomic E-state index is 11.9. The van der Waals surface area contributed by atoms with Crippen LogP contribution < -0.4 is 19.7 Å². The zero-order valence-electron chi connectivity index (χ0n) is 25.8. The first-order valence-corrected chi connectivity index (χ1v) is 11.3. The van der Waals surface area contributed by atoms with Crippen molar-refractivity contribution in [2.75, 3.05) is 55.7 Å². The number of hydrogen-bond acceptors (Lipinski definition) is 19. The summed E-state index contributed by atoms with van der Waals surface area (Å²) in [7, 11) is 6.93. The molecule has 24 heteroatoms. The number of para-hydroxylation sites is 2. The molecule has 0 aliphatic heterocycles. The fourth-order valence-electron chi connectivity index (χ4n) is 2.17. The minimum atomic E-state index is -1.75. The summed E-state index contributed by atoms with van der Waals surface area (Å²) in [6.45, 7) is 1.08. The number of aliphatic hydroxyl groups excluding tert-OH is 4. The van der Waals surface area contributed by atoms with Gasteiger partial charge in [-0.05, 0) is 29.7 Å². The molecule has 0 unspecified atom stereocenters. The van der Waals surface area contributed by atoms with Crippen molar-refractivity contribution in [2.45, 2.75) is 6.42 Å². The molecule has 0 spiro atoms. The largest absolute Gasteiger partial charge is 3.00 e.